The third kappa shape index (κ3) is 3.16. The number of nitrogens with zero attached hydrogens (tertiary/aromatic N) is 3. The van der Waals surface area contributed by atoms with Crippen LogP contribution < -0.4 is 0 Å². The molecule has 1 N–H and O–H groups in total. The van der Waals surface area contributed by atoms with E-state index in [1.54, 1.807) is 17.0 Å². The number of hydrogen-bond donors (Lipinski definition) is 1. The summed E-state index contributed by atoms with van der Waals surface area (Å²) in [6.45, 7) is 3.49. The molecule has 5 rings (SSSR count). The van der Waals surface area contributed by atoms with Crippen LogP contribution in [0.3, 0.4) is 0 Å². The number of urea groups is 1. The minimum absolute atomic E-state index is 0.0878. The number of carboxylic acids is 1. The number of aromatic nitrogens is 1. The summed E-state index contributed by atoms with van der Waals surface area (Å²) in [7, 11) is 0. The maximum absolute atomic E-state index is 13.0. The molecule has 7 heteroatoms. The molecule has 1 saturated heterocycles. The molecule has 7 nitrogen and oxygen atoms in total. The average molecular weight is 431 g/mol. The van der Waals surface area contributed by atoms with E-state index in [9.17, 15) is 14.4 Å². The predicted octanol–water partition coefficient (Wildman–Crippen LogP) is 3.88. The van der Waals surface area contributed by atoms with E-state index < -0.39 is 12.0 Å². The van der Waals surface area contributed by atoms with E-state index in [-0.39, 0.29) is 17.5 Å². The van der Waals surface area contributed by atoms with Crippen molar-refractivity contribution in [3.05, 3.63) is 70.9 Å². The maximum Gasteiger partial charge on any atom is 0.335 e. The smallest absolute Gasteiger partial charge is 0.335 e. The molecule has 0 saturated carbocycles. The fourth-order valence-electron chi connectivity index (χ4n) is 4.90. The second-order valence-corrected chi connectivity index (χ2v) is 8.50. The van der Waals surface area contributed by atoms with E-state index in [0.29, 0.717) is 26.1 Å². The SMILES string of the molecule is CCCCN1C(=O)C2Cc3c(n(Cc4ccc(C(=O)O)cc4)c4ccccc34)CN2C1=O. The molecule has 1 unspecified atom stereocenters. The highest BCUT2D eigenvalue weighted by Crippen LogP contribution is 2.36. The van der Waals surface area contributed by atoms with E-state index in [1.165, 1.54) is 4.90 Å². The van der Waals surface area contributed by atoms with Gasteiger partial charge in [0.05, 0.1) is 12.1 Å². The summed E-state index contributed by atoms with van der Waals surface area (Å²) in [6, 6.07) is 14.4. The number of aromatic carboxylic acids is 1. The molecule has 1 aromatic heterocycles. The number of para-hydroxylation sites is 1. The van der Waals surface area contributed by atoms with Crippen LogP contribution in [-0.2, 0) is 24.3 Å². The molecule has 0 bridgehead atoms. The van der Waals surface area contributed by atoms with Crippen molar-refractivity contribution in [3.63, 3.8) is 0 Å². The Labute approximate surface area is 185 Å². The van der Waals surface area contributed by atoms with Crippen molar-refractivity contribution in [2.45, 2.75) is 45.3 Å². The van der Waals surface area contributed by atoms with Gasteiger partial charge in [0.25, 0.3) is 5.91 Å². The fourth-order valence-corrected chi connectivity index (χ4v) is 4.90. The molecule has 1 atom stereocenters. The Bertz CT molecular complexity index is 1230. The summed E-state index contributed by atoms with van der Waals surface area (Å²) in [6.07, 6.45) is 2.26. The summed E-state index contributed by atoms with van der Waals surface area (Å²) >= 11 is 0. The highest BCUT2D eigenvalue weighted by Gasteiger charge is 2.48. The van der Waals surface area contributed by atoms with Gasteiger partial charge in [-0.2, -0.15) is 0 Å². The Morgan fingerprint density at radius 1 is 1.09 bits per heavy atom. The topological polar surface area (TPSA) is 82.8 Å². The molecule has 2 aromatic carbocycles. The van der Waals surface area contributed by atoms with Crippen LogP contribution in [0, 0.1) is 0 Å². The molecule has 3 aromatic rings. The van der Waals surface area contributed by atoms with Crippen LogP contribution in [0.15, 0.2) is 48.5 Å². The number of rotatable bonds is 6. The van der Waals surface area contributed by atoms with Gasteiger partial charge in [-0.25, -0.2) is 9.59 Å². The van der Waals surface area contributed by atoms with Gasteiger partial charge in [-0.3, -0.25) is 9.69 Å². The molecule has 0 aliphatic carbocycles. The molecular formula is C25H25N3O4. The lowest BCUT2D eigenvalue weighted by Gasteiger charge is -2.28. The lowest BCUT2D eigenvalue weighted by molar-refractivity contribution is -0.128. The highest BCUT2D eigenvalue weighted by molar-refractivity contribution is 6.05. The van der Waals surface area contributed by atoms with Crippen LogP contribution in [0.1, 0.15) is 46.9 Å². The number of hydrogen-bond acceptors (Lipinski definition) is 3. The average Bonchev–Trinajstić information content (AvgIpc) is 3.23. The lowest BCUT2D eigenvalue weighted by Crippen LogP contribution is -2.40. The van der Waals surface area contributed by atoms with Crippen LogP contribution >= 0.6 is 0 Å². The van der Waals surface area contributed by atoms with Crippen molar-refractivity contribution in [1.29, 1.82) is 0 Å². The molecule has 164 valence electrons. The number of carbonyl (C=O) groups is 3. The Morgan fingerprint density at radius 2 is 1.84 bits per heavy atom. The molecule has 3 amide bonds. The molecule has 2 aliphatic rings. The normalized spacial score (nSPS) is 17.7. The Kier molecular flexibility index (Phi) is 4.96. The van der Waals surface area contributed by atoms with E-state index in [4.69, 9.17) is 5.11 Å². The van der Waals surface area contributed by atoms with E-state index in [1.807, 2.05) is 31.2 Å². The van der Waals surface area contributed by atoms with Crippen molar-refractivity contribution >= 4 is 28.8 Å². The van der Waals surface area contributed by atoms with Crippen molar-refractivity contribution in [2.24, 2.45) is 0 Å². The summed E-state index contributed by atoms with van der Waals surface area (Å²) in [5.74, 6) is -1.04. The molecule has 3 heterocycles. The number of amides is 3. The van der Waals surface area contributed by atoms with Crippen molar-refractivity contribution in [3.8, 4) is 0 Å². The van der Waals surface area contributed by atoms with Gasteiger partial charge in [-0.1, -0.05) is 43.7 Å². The van der Waals surface area contributed by atoms with Gasteiger partial charge in [0.1, 0.15) is 6.04 Å². The zero-order valence-corrected chi connectivity index (χ0v) is 18.0. The maximum atomic E-state index is 13.0. The van der Waals surface area contributed by atoms with Crippen LogP contribution in [-0.4, -0.2) is 50.0 Å². The van der Waals surface area contributed by atoms with Crippen molar-refractivity contribution < 1.29 is 19.5 Å². The van der Waals surface area contributed by atoms with Crippen LogP contribution in [0.5, 0.6) is 0 Å². The summed E-state index contributed by atoms with van der Waals surface area (Å²) < 4.78 is 2.20. The number of benzene rings is 2. The molecule has 0 spiro atoms. The predicted molar refractivity (Wildman–Crippen MR) is 119 cm³/mol. The number of fused-ring (bicyclic) bond motifs is 4. The quantitative estimate of drug-likeness (QED) is 0.601. The first kappa shape index (κ1) is 20.3. The summed E-state index contributed by atoms with van der Waals surface area (Å²) in [4.78, 5) is 40.3. The van der Waals surface area contributed by atoms with Gasteiger partial charge in [0, 0.05) is 36.1 Å². The van der Waals surface area contributed by atoms with E-state index in [2.05, 4.69) is 16.7 Å². The Hall–Kier alpha value is -3.61. The monoisotopic (exact) mass is 431 g/mol. The van der Waals surface area contributed by atoms with Gasteiger partial charge in [-0.05, 0) is 35.7 Å². The zero-order chi connectivity index (χ0) is 22.4. The second kappa shape index (κ2) is 7.82. The number of carbonyl (C=O) groups excluding carboxylic acids is 2. The third-order valence-electron chi connectivity index (χ3n) is 6.59. The summed E-state index contributed by atoms with van der Waals surface area (Å²) in [5.41, 5.74) is 4.47. The van der Waals surface area contributed by atoms with Gasteiger partial charge in [0.2, 0.25) is 0 Å². The van der Waals surface area contributed by atoms with Gasteiger partial charge in [0.15, 0.2) is 0 Å². The molecule has 32 heavy (non-hydrogen) atoms. The number of imide groups is 1. The Morgan fingerprint density at radius 3 is 2.56 bits per heavy atom. The first-order valence-corrected chi connectivity index (χ1v) is 11.0. The van der Waals surface area contributed by atoms with Crippen LogP contribution in [0.2, 0.25) is 0 Å². The molecule has 0 radical (unpaired) electrons. The molecule has 1 fully saturated rings. The van der Waals surface area contributed by atoms with Gasteiger partial charge < -0.3 is 14.6 Å². The van der Waals surface area contributed by atoms with E-state index >= 15 is 0 Å². The van der Waals surface area contributed by atoms with E-state index in [0.717, 1.165) is 40.6 Å². The van der Waals surface area contributed by atoms with Crippen molar-refractivity contribution in [1.82, 2.24) is 14.4 Å². The lowest BCUT2D eigenvalue weighted by atomic mass is 9.97. The first-order valence-electron chi connectivity index (χ1n) is 11.0. The third-order valence-corrected chi connectivity index (χ3v) is 6.59. The minimum atomic E-state index is -0.948. The summed E-state index contributed by atoms with van der Waals surface area (Å²) in [5, 5.41) is 10.3. The first-order chi connectivity index (χ1) is 15.5. The molecule has 2 aliphatic heterocycles. The van der Waals surface area contributed by atoms with Crippen LogP contribution in [0.25, 0.3) is 10.9 Å². The standard InChI is InChI=1S/C25H25N3O4/c1-2-3-12-26-23(29)21-13-19-18-6-4-5-7-20(18)27(22(19)15-28(21)25(26)32)14-16-8-10-17(11-9-16)24(30)31/h4-11,21H,2-3,12-15H2,1H3,(H,30,31). The molecular weight excluding hydrogens is 406 g/mol. The van der Waals surface area contributed by atoms with Crippen molar-refractivity contribution in [2.75, 3.05) is 6.54 Å². The zero-order valence-electron chi connectivity index (χ0n) is 18.0. The van der Waals surface area contributed by atoms with Gasteiger partial charge >= 0.3 is 12.0 Å². The van der Waals surface area contributed by atoms with Gasteiger partial charge in [-0.15, -0.1) is 0 Å². The highest BCUT2D eigenvalue weighted by atomic mass is 16.4. The number of carboxylic acid groups (broad SMARTS) is 1. The Balaban J connectivity index is 1.53. The van der Waals surface area contributed by atoms with Crippen LogP contribution in [0.4, 0.5) is 4.79 Å². The largest absolute Gasteiger partial charge is 0.478 e. The fraction of sp³-hybridized carbons (Fsp3) is 0.320. The second-order valence-electron chi connectivity index (χ2n) is 8.50. The minimum Gasteiger partial charge on any atom is -0.478 e. The number of unbranched alkanes of at least 4 members (excludes halogenated alkanes) is 1.